The van der Waals surface area contributed by atoms with E-state index < -0.39 is 0 Å². The molecule has 0 aromatic carbocycles. The van der Waals surface area contributed by atoms with Crippen molar-refractivity contribution in [3.8, 4) is 0 Å². The Balaban J connectivity index is 3.00. The van der Waals surface area contributed by atoms with E-state index in [9.17, 15) is 0 Å². The summed E-state index contributed by atoms with van der Waals surface area (Å²) in [7, 11) is 0. The van der Waals surface area contributed by atoms with Gasteiger partial charge in [0, 0.05) is 6.61 Å². The minimum Gasteiger partial charge on any atom is -0.396 e. The van der Waals surface area contributed by atoms with Crippen molar-refractivity contribution in [2.24, 2.45) is 5.92 Å². The summed E-state index contributed by atoms with van der Waals surface area (Å²) in [5.74, 6) is 0.441. The highest BCUT2D eigenvalue weighted by Gasteiger charge is 2.00. The van der Waals surface area contributed by atoms with E-state index >= 15 is 0 Å². The molecule has 0 saturated carbocycles. The Bertz CT molecular complexity index is 91.8. The van der Waals surface area contributed by atoms with Gasteiger partial charge in [0.2, 0.25) is 0 Å². The number of unbranched alkanes of at least 4 members (excludes halogenated alkanes) is 2. The van der Waals surface area contributed by atoms with E-state index in [1.54, 1.807) is 0 Å². The zero-order valence-electron chi connectivity index (χ0n) is 8.29. The van der Waals surface area contributed by atoms with Crippen molar-refractivity contribution >= 4 is 0 Å². The first kappa shape index (κ1) is 11.9. The molecule has 0 aromatic heterocycles. The summed E-state index contributed by atoms with van der Waals surface area (Å²) < 4.78 is 0. The Hall–Kier alpha value is -0.0800. The Morgan fingerprint density at radius 3 is 2.08 bits per heavy atom. The van der Waals surface area contributed by atoms with Crippen molar-refractivity contribution in [1.82, 2.24) is 0 Å². The van der Waals surface area contributed by atoms with Crippen LogP contribution in [0.15, 0.2) is 0 Å². The van der Waals surface area contributed by atoms with Crippen molar-refractivity contribution in [3.63, 3.8) is 0 Å². The van der Waals surface area contributed by atoms with Gasteiger partial charge in [-0.25, -0.2) is 0 Å². The van der Waals surface area contributed by atoms with Crippen molar-refractivity contribution in [3.05, 3.63) is 0 Å². The SMILES string of the molecule is CC(O)CCCCCC(C)CO. The second-order valence-corrected chi connectivity index (χ2v) is 3.77. The predicted octanol–water partition coefficient (Wildman–Crippen LogP) is 1.95. The third-order valence-electron chi connectivity index (χ3n) is 2.13. The average Bonchev–Trinajstić information content (AvgIpc) is 2.03. The fraction of sp³-hybridized carbons (Fsp3) is 1.00. The van der Waals surface area contributed by atoms with Crippen LogP contribution in [0.4, 0.5) is 0 Å². The fourth-order valence-electron chi connectivity index (χ4n) is 1.20. The highest BCUT2D eigenvalue weighted by atomic mass is 16.3. The maximum atomic E-state index is 8.97. The molecule has 0 amide bonds. The molecule has 0 aliphatic carbocycles. The molecule has 0 fully saturated rings. The summed E-state index contributed by atoms with van der Waals surface area (Å²) in [5, 5.41) is 17.7. The second kappa shape index (κ2) is 7.56. The third kappa shape index (κ3) is 8.02. The smallest absolute Gasteiger partial charge is 0.0512 e. The van der Waals surface area contributed by atoms with E-state index in [2.05, 4.69) is 6.92 Å². The lowest BCUT2D eigenvalue weighted by Gasteiger charge is -2.07. The molecule has 2 N–H and O–H groups in total. The first-order valence-electron chi connectivity index (χ1n) is 4.95. The molecule has 2 heteroatoms. The van der Waals surface area contributed by atoms with Gasteiger partial charge < -0.3 is 10.2 Å². The van der Waals surface area contributed by atoms with E-state index in [1.165, 1.54) is 12.8 Å². The summed E-state index contributed by atoms with van der Waals surface area (Å²) >= 11 is 0. The van der Waals surface area contributed by atoms with Gasteiger partial charge in [0.1, 0.15) is 0 Å². The largest absolute Gasteiger partial charge is 0.396 e. The molecule has 0 heterocycles. The highest BCUT2D eigenvalue weighted by Crippen LogP contribution is 2.10. The monoisotopic (exact) mass is 174 g/mol. The van der Waals surface area contributed by atoms with E-state index in [0.29, 0.717) is 12.5 Å². The quantitative estimate of drug-likeness (QED) is 0.579. The molecule has 0 bridgehead atoms. The van der Waals surface area contributed by atoms with Crippen molar-refractivity contribution in [2.75, 3.05) is 6.61 Å². The van der Waals surface area contributed by atoms with Gasteiger partial charge in [0.05, 0.1) is 6.10 Å². The van der Waals surface area contributed by atoms with E-state index in [4.69, 9.17) is 10.2 Å². The number of aliphatic hydroxyl groups excluding tert-OH is 2. The molecule has 0 radical (unpaired) electrons. The molecule has 2 atom stereocenters. The Morgan fingerprint density at radius 2 is 1.58 bits per heavy atom. The minimum atomic E-state index is -0.153. The maximum absolute atomic E-state index is 8.97. The molecule has 0 aromatic rings. The summed E-state index contributed by atoms with van der Waals surface area (Å²) in [6, 6.07) is 0. The number of aliphatic hydroxyl groups is 2. The van der Waals surface area contributed by atoms with E-state index in [0.717, 1.165) is 19.3 Å². The molecule has 0 rings (SSSR count). The normalized spacial score (nSPS) is 16.0. The van der Waals surface area contributed by atoms with E-state index in [1.807, 2.05) is 6.92 Å². The van der Waals surface area contributed by atoms with Gasteiger partial charge in [-0.05, 0) is 25.7 Å². The zero-order valence-corrected chi connectivity index (χ0v) is 8.29. The minimum absolute atomic E-state index is 0.153. The predicted molar refractivity (Wildman–Crippen MR) is 51.0 cm³/mol. The summed E-state index contributed by atoms with van der Waals surface area (Å²) in [5.41, 5.74) is 0. The van der Waals surface area contributed by atoms with Crippen LogP contribution in [0.2, 0.25) is 0 Å². The van der Waals surface area contributed by atoms with Crippen molar-refractivity contribution in [1.29, 1.82) is 0 Å². The molecule has 0 aliphatic rings. The molecule has 2 unspecified atom stereocenters. The Labute approximate surface area is 75.6 Å². The van der Waals surface area contributed by atoms with Crippen LogP contribution in [0.25, 0.3) is 0 Å². The van der Waals surface area contributed by atoms with Crippen LogP contribution in [-0.4, -0.2) is 22.9 Å². The highest BCUT2D eigenvalue weighted by molar-refractivity contribution is 4.53. The van der Waals surface area contributed by atoms with Crippen LogP contribution in [-0.2, 0) is 0 Å². The first-order chi connectivity index (χ1) is 5.66. The lowest BCUT2D eigenvalue weighted by molar-refractivity contribution is 0.179. The lowest BCUT2D eigenvalue weighted by Crippen LogP contribution is -2.01. The van der Waals surface area contributed by atoms with E-state index in [-0.39, 0.29) is 6.10 Å². The van der Waals surface area contributed by atoms with Crippen LogP contribution in [0.3, 0.4) is 0 Å². The van der Waals surface area contributed by atoms with Crippen LogP contribution in [0.5, 0.6) is 0 Å². The first-order valence-corrected chi connectivity index (χ1v) is 4.95. The molecule has 0 saturated heterocycles. The van der Waals surface area contributed by atoms with Gasteiger partial charge in [0.25, 0.3) is 0 Å². The van der Waals surface area contributed by atoms with Gasteiger partial charge in [-0.15, -0.1) is 0 Å². The van der Waals surface area contributed by atoms with Crippen LogP contribution < -0.4 is 0 Å². The zero-order chi connectivity index (χ0) is 9.40. The van der Waals surface area contributed by atoms with Crippen LogP contribution in [0.1, 0.15) is 46.0 Å². The molecular formula is C10H22O2. The van der Waals surface area contributed by atoms with Crippen LogP contribution >= 0.6 is 0 Å². The fourth-order valence-corrected chi connectivity index (χ4v) is 1.20. The van der Waals surface area contributed by atoms with Gasteiger partial charge in [0.15, 0.2) is 0 Å². The van der Waals surface area contributed by atoms with Crippen LogP contribution in [0, 0.1) is 5.92 Å². The molecule has 0 aliphatic heterocycles. The average molecular weight is 174 g/mol. The summed E-state index contributed by atoms with van der Waals surface area (Å²) in [6.45, 7) is 4.20. The number of hydrogen-bond acceptors (Lipinski definition) is 2. The molecule has 12 heavy (non-hydrogen) atoms. The molecule has 2 nitrogen and oxygen atoms in total. The molecular weight excluding hydrogens is 152 g/mol. The topological polar surface area (TPSA) is 40.5 Å². The summed E-state index contributed by atoms with van der Waals surface area (Å²) in [6.07, 6.45) is 5.32. The Morgan fingerprint density at radius 1 is 1.00 bits per heavy atom. The lowest BCUT2D eigenvalue weighted by atomic mass is 10.0. The Kier molecular flexibility index (Phi) is 7.51. The van der Waals surface area contributed by atoms with Gasteiger partial charge in [-0.2, -0.15) is 0 Å². The van der Waals surface area contributed by atoms with Crippen molar-refractivity contribution < 1.29 is 10.2 Å². The third-order valence-corrected chi connectivity index (χ3v) is 2.13. The molecule has 74 valence electrons. The standard InChI is InChI=1S/C10H22O2/c1-9(8-11)6-4-3-5-7-10(2)12/h9-12H,3-8H2,1-2H3. The van der Waals surface area contributed by atoms with Gasteiger partial charge in [-0.1, -0.05) is 26.2 Å². The van der Waals surface area contributed by atoms with Gasteiger partial charge >= 0.3 is 0 Å². The van der Waals surface area contributed by atoms with Crippen molar-refractivity contribution in [2.45, 2.75) is 52.1 Å². The molecule has 0 spiro atoms. The van der Waals surface area contributed by atoms with Gasteiger partial charge in [-0.3, -0.25) is 0 Å². The maximum Gasteiger partial charge on any atom is 0.0512 e. The second-order valence-electron chi connectivity index (χ2n) is 3.77. The number of hydrogen-bond donors (Lipinski definition) is 2. The summed E-state index contributed by atoms with van der Waals surface area (Å²) in [4.78, 5) is 0. The number of rotatable bonds is 7.